The molecule has 9 heteroatoms. The lowest BCUT2D eigenvalue weighted by Gasteiger charge is -2.35. The van der Waals surface area contributed by atoms with Crippen LogP contribution >= 0.6 is 0 Å². The molecule has 0 bridgehead atoms. The minimum atomic E-state index is -4.80. The van der Waals surface area contributed by atoms with Crippen molar-refractivity contribution >= 4 is 5.69 Å². The average molecular weight is 461 g/mol. The topological polar surface area (TPSA) is 32.7 Å². The fourth-order valence-electron chi connectivity index (χ4n) is 3.95. The minimum Gasteiger partial charge on any atom is -0.457 e. The van der Waals surface area contributed by atoms with Gasteiger partial charge in [0.2, 0.25) is 0 Å². The number of ether oxygens (including phenoxy) is 1. The highest BCUT2D eigenvalue weighted by molar-refractivity contribution is 5.52. The summed E-state index contributed by atoms with van der Waals surface area (Å²) >= 11 is 0. The van der Waals surface area contributed by atoms with Crippen LogP contribution in [0.4, 0.5) is 32.0 Å². The largest absolute Gasteiger partial charge is 0.457 e. The van der Waals surface area contributed by atoms with E-state index in [-0.39, 0.29) is 38.1 Å². The van der Waals surface area contributed by atoms with Crippen molar-refractivity contribution in [2.45, 2.75) is 44.1 Å². The number of hydrogen-bond donors (Lipinski definition) is 1. The molecule has 1 saturated carbocycles. The maximum Gasteiger partial charge on any atom is 0.416 e. The maximum absolute atomic E-state index is 13.0. The first-order valence-corrected chi connectivity index (χ1v) is 10.4. The van der Waals surface area contributed by atoms with Gasteiger partial charge in [0.25, 0.3) is 0 Å². The Morgan fingerprint density at radius 3 is 2.09 bits per heavy atom. The van der Waals surface area contributed by atoms with Gasteiger partial charge in [0.05, 0.1) is 12.5 Å². The minimum absolute atomic E-state index is 0.0407. The Morgan fingerprint density at radius 2 is 1.50 bits per heavy atom. The Bertz CT molecular complexity index is 848. The van der Waals surface area contributed by atoms with E-state index in [2.05, 4.69) is 0 Å². The third-order valence-corrected chi connectivity index (χ3v) is 5.72. The summed E-state index contributed by atoms with van der Waals surface area (Å²) in [4.78, 5) is 1.38. The number of aliphatic hydroxyl groups is 1. The van der Waals surface area contributed by atoms with E-state index < -0.39 is 30.9 Å². The van der Waals surface area contributed by atoms with Crippen LogP contribution in [0.25, 0.3) is 0 Å². The van der Waals surface area contributed by atoms with Crippen LogP contribution in [-0.2, 0) is 0 Å². The molecule has 1 fully saturated rings. The molecule has 3 nitrogen and oxygen atoms in total. The van der Waals surface area contributed by atoms with Crippen LogP contribution in [-0.4, -0.2) is 36.7 Å². The van der Waals surface area contributed by atoms with E-state index in [4.69, 9.17) is 4.74 Å². The Morgan fingerprint density at radius 1 is 0.875 bits per heavy atom. The van der Waals surface area contributed by atoms with Crippen molar-refractivity contribution < 1.29 is 36.2 Å². The molecule has 1 aliphatic rings. The number of alkyl halides is 6. The van der Waals surface area contributed by atoms with Crippen LogP contribution in [0.3, 0.4) is 0 Å². The molecule has 1 N–H and O–H groups in total. The predicted molar refractivity (Wildman–Crippen MR) is 109 cm³/mol. The summed E-state index contributed by atoms with van der Waals surface area (Å²) in [7, 11) is 0. The lowest BCUT2D eigenvalue weighted by molar-refractivity contribution is -0.200. The molecule has 0 aromatic heterocycles. The third kappa shape index (κ3) is 6.79. The third-order valence-electron chi connectivity index (χ3n) is 5.72. The molecule has 0 heterocycles. The molecular formula is C23H25F6NO2. The van der Waals surface area contributed by atoms with Crippen LogP contribution in [0.1, 0.15) is 25.7 Å². The summed E-state index contributed by atoms with van der Waals surface area (Å²) in [5, 5.41) is 9.65. The van der Waals surface area contributed by atoms with Gasteiger partial charge in [-0.05, 0) is 55.9 Å². The molecule has 176 valence electrons. The van der Waals surface area contributed by atoms with E-state index in [0.717, 1.165) is 0 Å². The van der Waals surface area contributed by atoms with Gasteiger partial charge in [-0.1, -0.05) is 24.3 Å². The first-order valence-electron chi connectivity index (χ1n) is 10.4. The highest BCUT2D eigenvalue weighted by Gasteiger charge is 2.42. The summed E-state index contributed by atoms with van der Waals surface area (Å²) < 4.78 is 83.6. The summed E-state index contributed by atoms with van der Waals surface area (Å²) in [5.41, 5.74) is 0.402. The van der Waals surface area contributed by atoms with Gasteiger partial charge < -0.3 is 14.7 Å². The van der Waals surface area contributed by atoms with Gasteiger partial charge in [-0.25, -0.2) is 0 Å². The number of anilines is 1. The summed E-state index contributed by atoms with van der Waals surface area (Å²) in [6.45, 7) is -0.593. The molecule has 0 saturated heterocycles. The highest BCUT2D eigenvalue weighted by atomic mass is 19.4. The zero-order chi connectivity index (χ0) is 23.4. The van der Waals surface area contributed by atoms with Crippen molar-refractivity contribution in [3.63, 3.8) is 0 Å². The monoisotopic (exact) mass is 461 g/mol. The number of rotatable bonds is 7. The van der Waals surface area contributed by atoms with Crippen LogP contribution in [0.5, 0.6) is 11.5 Å². The number of halogens is 6. The molecule has 0 aliphatic heterocycles. The van der Waals surface area contributed by atoms with Gasteiger partial charge in [-0.2, -0.15) is 26.3 Å². The summed E-state index contributed by atoms with van der Waals surface area (Å²) in [6.07, 6.45) is -11.2. The standard InChI is InChI=1S/C23H25F6NO2/c24-22(25,26)17-11-9-16(10-12-17)14-30(15-21(31)23(27,28)29)18-5-4-8-20(13-18)32-19-6-2-1-3-7-19/h1-8,13,16-17,21,31H,9-12,14-15H2. The fourth-order valence-corrected chi connectivity index (χ4v) is 3.95. The number of aliphatic hydroxyl groups excluding tert-OH is 1. The van der Waals surface area contributed by atoms with Crippen LogP contribution in [0.2, 0.25) is 0 Å². The van der Waals surface area contributed by atoms with Crippen molar-refractivity contribution in [3.05, 3.63) is 54.6 Å². The molecule has 1 aliphatic carbocycles. The van der Waals surface area contributed by atoms with Crippen molar-refractivity contribution in [2.75, 3.05) is 18.0 Å². The molecule has 2 aromatic rings. The highest BCUT2D eigenvalue weighted by Crippen LogP contribution is 2.40. The fraction of sp³-hybridized carbons (Fsp3) is 0.478. The molecule has 0 spiro atoms. The molecule has 0 amide bonds. The van der Waals surface area contributed by atoms with E-state index >= 15 is 0 Å². The normalized spacial score (nSPS) is 20.6. The second kappa shape index (κ2) is 10.0. The lowest BCUT2D eigenvalue weighted by atomic mass is 9.81. The summed E-state index contributed by atoms with van der Waals surface area (Å²) in [6, 6.07) is 15.3. The molecule has 1 atom stereocenters. The van der Waals surface area contributed by atoms with Gasteiger partial charge >= 0.3 is 12.4 Å². The Kier molecular flexibility index (Phi) is 7.59. The molecular weight excluding hydrogens is 436 g/mol. The Balaban J connectivity index is 1.75. The molecule has 1 unspecified atom stereocenters. The van der Waals surface area contributed by atoms with E-state index in [1.807, 2.05) is 6.07 Å². The average Bonchev–Trinajstić information content (AvgIpc) is 2.73. The number of nitrogens with zero attached hydrogens (tertiary/aromatic N) is 1. The van der Waals surface area contributed by atoms with E-state index in [1.54, 1.807) is 48.5 Å². The van der Waals surface area contributed by atoms with Gasteiger partial charge in [0, 0.05) is 18.3 Å². The first-order chi connectivity index (χ1) is 15.0. The quantitative estimate of drug-likeness (QED) is 0.473. The number of hydrogen-bond acceptors (Lipinski definition) is 3. The Labute approximate surface area is 182 Å². The molecule has 3 rings (SSSR count). The van der Waals surface area contributed by atoms with Gasteiger partial charge in [0.1, 0.15) is 11.5 Å². The SMILES string of the molecule is OC(CN(CC1CCC(C(F)(F)F)CC1)c1cccc(Oc2ccccc2)c1)C(F)(F)F. The maximum atomic E-state index is 13.0. The summed E-state index contributed by atoms with van der Waals surface area (Å²) in [5.74, 6) is -0.610. The lowest BCUT2D eigenvalue weighted by Crippen LogP contribution is -2.43. The van der Waals surface area contributed by atoms with Crippen molar-refractivity contribution in [1.29, 1.82) is 0 Å². The van der Waals surface area contributed by atoms with E-state index in [1.165, 1.54) is 4.90 Å². The smallest absolute Gasteiger partial charge is 0.416 e. The van der Waals surface area contributed by atoms with Crippen molar-refractivity contribution in [1.82, 2.24) is 0 Å². The zero-order valence-electron chi connectivity index (χ0n) is 17.2. The van der Waals surface area contributed by atoms with E-state index in [0.29, 0.717) is 17.2 Å². The van der Waals surface area contributed by atoms with Crippen molar-refractivity contribution in [3.8, 4) is 11.5 Å². The van der Waals surface area contributed by atoms with Crippen LogP contribution in [0.15, 0.2) is 54.6 Å². The van der Waals surface area contributed by atoms with Gasteiger partial charge in [-0.3, -0.25) is 0 Å². The number of para-hydroxylation sites is 1. The van der Waals surface area contributed by atoms with Crippen molar-refractivity contribution in [2.24, 2.45) is 11.8 Å². The molecule has 0 radical (unpaired) electrons. The zero-order valence-corrected chi connectivity index (χ0v) is 17.2. The Hall–Kier alpha value is -2.42. The van der Waals surface area contributed by atoms with Gasteiger partial charge in [-0.15, -0.1) is 0 Å². The second-order valence-electron chi connectivity index (χ2n) is 8.13. The predicted octanol–water partition coefficient (Wildman–Crippen LogP) is 6.58. The first kappa shape index (κ1) is 24.2. The molecule has 2 aromatic carbocycles. The number of benzene rings is 2. The van der Waals surface area contributed by atoms with E-state index in [9.17, 15) is 31.4 Å². The van der Waals surface area contributed by atoms with Gasteiger partial charge in [0.15, 0.2) is 6.10 Å². The second-order valence-corrected chi connectivity index (χ2v) is 8.13. The van der Waals surface area contributed by atoms with Crippen LogP contribution in [0, 0.1) is 11.8 Å². The molecule has 32 heavy (non-hydrogen) atoms. The van der Waals surface area contributed by atoms with Crippen LogP contribution < -0.4 is 9.64 Å².